The van der Waals surface area contributed by atoms with Gasteiger partial charge in [-0.15, -0.1) is 0 Å². The second-order valence-corrected chi connectivity index (χ2v) is 10.2. The van der Waals surface area contributed by atoms with Crippen LogP contribution in [0.2, 0.25) is 18.1 Å². The Morgan fingerprint density at radius 1 is 1.25 bits per heavy atom. The fourth-order valence-electron chi connectivity index (χ4n) is 0.726. The van der Waals surface area contributed by atoms with Crippen molar-refractivity contribution in [3.05, 3.63) is 0 Å². The first-order chi connectivity index (χ1) is 6.92. The molecule has 0 aromatic heterocycles. The van der Waals surface area contributed by atoms with Crippen molar-refractivity contribution in [3.63, 3.8) is 0 Å². The average Bonchev–Trinajstić information content (AvgIpc) is 2.00. The lowest BCUT2D eigenvalue weighted by Crippen LogP contribution is -2.43. The summed E-state index contributed by atoms with van der Waals surface area (Å²) in [4.78, 5) is 10.3. The van der Waals surface area contributed by atoms with Gasteiger partial charge in [-0.05, 0) is 18.1 Å². The number of hydrogen-bond donors (Lipinski definition) is 0. The molecule has 0 radical (unpaired) electrons. The van der Waals surface area contributed by atoms with Crippen LogP contribution in [0, 0.1) is 5.92 Å². The minimum atomic E-state index is -4.51. The summed E-state index contributed by atoms with van der Waals surface area (Å²) in [6.45, 7) is 8.94. The molecule has 0 heterocycles. The van der Waals surface area contributed by atoms with Gasteiger partial charge in [-0.2, -0.15) is 13.2 Å². The molecule has 0 N–H and O–H groups in total. The predicted octanol–water partition coefficient (Wildman–Crippen LogP) is 3.39. The molecule has 0 spiro atoms. The van der Waals surface area contributed by atoms with E-state index >= 15 is 0 Å². The lowest BCUT2D eigenvalue weighted by atomic mass is 10.2. The van der Waals surface area contributed by atoms with E-state index in [-0.39, 0.29) is 11.3 Å². The van der Waals surface area contributed by atoms with Crippen LogP contribution in [0.3, 0.4) is 0 Å². The van der Waals surface area contributed by atoms with E-state index in [1.54, 1.807) is 0 Å². The molecule has 2 nitrogen and oxygen atoms in total. The quantitative estimate of drug-likeness (QED) is 0.569. The number of rotatable bonds is 4. The van der Waals surface area contributed by atoms with Crippen molar-refractivity contribution in [3.8, 4) is 0 Å². The van der Waals surface area contributed by atoms with E-state index in [2.05, 4.69) is 0 Å². The van der Waals surface area contributed by atoms with E-state index in [1.807, 2.05) is 33.9 Å². The SMILES string of the molecule is CC(C)(C)[Si](C)(C)OC[C@H](C=O)C(F)(F)F. The first kappa shape index (κ1) is 15.6. The highest BCUT2D eigenvalue weighted by Gasteiger charge is 2.43. The fraction of sp³-hybridized carbons (Fsp3) is 0.900. The molecule has 0 aromatic carbocycles. The lowest BCUT2D eigenvalue weighted by Gasteiger charge is -2.36. The van der Waals surface area contributed by atoms with Crippen LogP contribution in [0.5, 0.6) is 0 Å². The number of carbonyl (C=O) groups is 1. The number of alkyl halides is 3. The maximum atomic E-state index is 12.3. The minimum Gasteiger partial charge on any atom is -0.416 e. The molecule has 0 aromatic rings. The Morgan fingerprint density at radius 3 is 1.94 bits per heavy atom. The molecule has 0 aliphatic rings. The molecule has 0 bridgehead atoms. The third-order valence-corrected chi connectivity index (χ3v) is 7.52. The van der Waals surface area contributed by atoms with Crippen LogP contribution in [-0.4, -0.2) is 27.4 Å². The second-order valence-electron chi connectivity index (χ2n) is 5.36. The van der Waals surface area contributed by atoms with Crippen LogP contribution in [0.4, 0.5) is 13.2 Å². The third-order valence-electron chi connectivity index (χ3n) is 3.01. The van der Waals surface area contributed by atoms with Gasteiger partial charge >= 0.3 is 6.18 Å². The molecule has 0 fully saturated rings. The highest BCUT2D eigenvalue weighted by molar-refractivity contribution is 6.74. The van der Waals surface area contributed by atoms with Crippen molar-refractivity contribution < 1.29 is 22.4 Å². The topological polar surface area (TPSA) is 26.3 Å². The molecule has 0 rings (SSSR count). The third kappa shape index (κ3) is 4.25. The van der Waals surface area contributed by atoms with Gasteiger partial charge in [0.25, 0.3) is 0 Å². The zero-order chi connectivity index (χ0) is 13.2. The second kappa shape index (κ2) is 4.87. The maximum Gasteiger partial charge on any atom is 0.400 e. The molecular weight excluding hydrogens is 237 g/mol. The molecule has 6 heteroatoms. The Labute approximate surface area is 95.3 Å². The lowest BCUT2D eigenvalue weighted by molar-refractivity contribution is -0.180. The Balaban J connectivity index is 4.50. The molecular formula is C10H19F3O2Si. The Bertz CT molecular complexity index is 243. The van der Waals surface area contributed by atoms with Gasteiger partial charge in [0.1, 0.15) is 12.2 Å². The van der Waals surface area contributed by atoms with Gasteiger partial charge in [0.2, 0.25) is 0 Å². The van der Waals surface area contributed by atoms with Crippen LogP contribution in [-0.2, 0) is 9.22 Å². The van der Waals surface area contributed by atoms with E-state index in [4.69, 9.17) is 4.43 Å². The zero-order valence-corrected chi connectivity index (χ0v) is 11.3. The predicted molar refractivity (Wildman–Crippen MR) is 58.8 cm³/mol. The minimum absolute atomic E-state index is 0.0901. The number of carbonyl (C=O) groups excluding carboxylic acids is 1. The molecule has 0 amide bonds. The highest BCUT2D eigenvalue weighted by Crippen LogP contribution is 2.37. The molecule has 0 unspecified atom stereocenters. The first-order valence-corrected chi connectivity index (χ1v) is 7.98. The summed E-state index contributed by atoms with van der Waals surface area (Å²) in [5.41, 5.74) is 0. The molecule has 1 atom stereocenters. The van der Waals surface area contributed by atoms with Gasteiger partial charge < -0.3 is 9.22 Å². The standard InChI is InChI=1S/C10H19F3O2Si/c1-9(2,3)16(4,5)15-7-8(6-14)10(11,12)13/h6,8H,7H2,1-5H3/t8-/m0/s1. The Kier molecular flexibility index (Phi) is 4.76. The number of hydrogen-bond acceptors (Lipinski definition) is 2. The van der Waals surface area contributed by atoms with Gasteiger partial charge in [0.05, 0.1) is 6.61 Å². The normalized spacial score (nSPS) is 16.0. The summed E-state index contributed by atoms with van der Waals surface area (Å²) in [5.74, 6) is -2.01. The van der Waals surface area contributed by atoms with Crippen molar-refractivity contribution in [2.24, 2.45) is 5.92 Å². The van der Waals surface area contributed by atoms with Crippen LogP contribution in [0.15, 0.2) is 0 Å². The van der Waals surface area contributed by atoms with E-state index < -0.39 is 27.0 Å². The largest absolute Gasteiger partial charge is 0.416 e. The van der Waals surface area contributed by atoms with Crippen LogP contribution >= 0.6 is 0 Å². The van der Waals surface area contributed by atoms with Crippen LogP contribution in [0.25, 0.3) is 0 Å². The molecule has 0 saturated heterocycles. The van der Waals surface area contributed by atoms with E-state index in [9.17, 15) is 18.0 Å². The monoisotopic (exact) mass is 256 g/mol. The Hall–Kier alpha value is -0.363. The van der Waals surface area contributed by atoms with Crippen LogP contribution in [0.1, 0.15) is 20.8 Å². The maximum absolute atomic E-state index is 12.3. The van der Waals surface area contributed by atoms with Gasteiger partial charge in [0, 0.05) is 0 Å². The molecule has 0 saturated carbocycles. The highest BCUT2D eigenvalue weighted by atomic mass is 28.4. The van der Waals surface area contributed by atoms with Crippen molar-refractivity contribution in [2.75, 3.05) is 6.61 Å². The summed E-state index contributed by atoms with van der Waals surface area (Å²) in [5, 5.41) is -0.161. The van der Waals surface area contributed by atoms with Gasteiger partial charge in [-0.3, -0.25) is 0 Å². The van der Waals surface area contributed by atoms with Crippen molar-refractivity contribution >= 4 is 14.6 Å². The summed E-state index contributed by atoms with van der Waals surface area (Å²) < 4.78 is 42.3. The van der Waals surface area contributed by atoms with Gasteiger partial charge in [0.15, 0.2) is 8.32 Å². The van der Waals surface area contributed by atoms with Crippen molar-refractivity contribution in [1.29, 1.82) is 0 Å². The molecule has 16 heavy (non-hydrogen) atoms. The fourth-order valence-corrected chi connectivity index (χ4v) is 1.75. The van der Waals surface area contributed by atoms with Gasteiger partial charge in [-0.1, -0.05) is 20.8 Å². The summed E-state index contributed by atoms with van der Waals surface area (Å²) in [7, 11) is -2.22. The van der Waals surface area contributed by atoms with E-state index in [0.717, 1.165) is 0 Å². The summed E-state index contributed by atoms with van der Waals surface area (Å²) in [6.07, 6.45) is -4.60. The summed E-state index contributed by atoms with van der Waals surface area (Å²) >= 11 is 0. The molecule has 96 valence electrons. The molecule has 0 aliphatic carbocycles. The number of aldehydes is 1. The Morgan fingerprint density at radius 2 is 1.69 bits per heavy atom. The zero-order valence-electron chi connectivity index (χ0n) is 10.3. The average molecular weight is 256 g/mol. The van der Waals surface area contributed by atoms with Gasteiger partial charge in [-0.25, -0.2) is 0 Å². The van der Waals surface area contributed by atoms with Crippen LogP contribution < -0.4 is 0 Å². The van der Waals surface area contributed by atoms with E-state index in [1.165, 1.54) is 0 Å². The summed E-state index contributed by atoms with van der Waals surface area (Å²) in [6, 6.07) is 0. The smallest absolute Gasteiger partial charge is 0.400 e. The van der Waals surface area contributed by atoms with Crippen molar-refractivity contribution in [1.82, 2.24) is 0 Å². The molecule has 0 aliphatic heterocycles. The van der Waals surface area contributed by atoms with E-state index in [0.29, 0.717) is 0 Å². The first-order valence-electron chi connectivity index (χ1n) is 5.08. The van der Waals surface area contributed by atoms with Crippen molar-refractivity contribution in [2.45, 2.75) is 45.1 Å². The number of halogens is 3.